The largest absolute Gasteiger partial charge is 0.395 e. The molecule has 3 heterocycles. The molecular formula is C27H35F2N5O4S. The first-order chi connectivity index (χ1) is 18.5. The van der Waals surface area contributed by atoms with Crippen LogP contribution in [0.25, 0.3) is 0 Å². The minimum absolute atomic E-state index is 0.178. The zero-order valence-electron chi connectivity index (χ0n) is 22.2. The van der Waals surface area contributed by atoms with Gasteiger partial charge in [0.25, 0.3) is 11.8 Å². The lowest BCUT2D eigenvalue weighted by atomic mass is 9.98. The average molecular weight is 564 g/mol. The van der Waals surface area contributed by atoms with Gasteiger partial charge in [0.1, 0.15) is 11.6 Å². The van der Waals surface area contributed by atoms with Gasteiger partial charge in [-0.1, -0.05) is 17.2 Å². The molecule has 0 aliphatic carbocycles. The molecule has 0 unspecified atom stereocenters. The van der Waals surface area contributed by atoms with Crippen molar-refractivity contribution in [3.05, 3.63) is 53.1 Å². The Kier molecular flexibility index (Phi) is 8.75. The van der Waals surface area contributed by atoms with Gasteiger partial charge in [0.2, 0.25) is 10.0 Å². The van der Waals surface area contributed by atoms with Crippen molar-refractivity contribution >= 4 is 38.9 Å². The normalized spacial score (nSPS) is 17.6. The number of anilines is 4. The number of aromatic nitrogens is 1. The summed E-state index contributed by atoms with van der Waals surface area (Å²) in [7, 11) is -3.74. The molecule has 0 radical (unpaired) electrons. The van der Waals surface area contributed by atoms with Gasteiger partial charge in [-0.15, -0.1) is 0 Å². The van der Waals surface area contributed by atoms with Crippen molar-refractivity contribution in [2.75, 3.05) is 58.4 Å². The molecule has 2 saturated heterocycles. The monoisotopic (exact) mass is 563 g/mol. The number of benzene rings is 1. The van der Waals surface area contributed by atoms with Crippen LogP contribution in [0.5, 0.6) is 0 Å². The number of halogens is 2. The van der Waals surface area contributed by atoms with Gasteiger partial charge >= 0.3 is 0 Å². The number of nitrogens with one attached hydrogen (secondary N) is 2. The molecule has 0 saturated carbocycles. The molecule has 1 aromatic heterocycles. The maximum atomic E-state index is 13.6. The molecule has 12 heteroatoms. The molecule has 2 aromatic rings. The van der Waals surface area contributed by atoms with Gasteiger partial charge in [0, 0.05) is 39.0 Å². The fourth-order valence-corrected chi connectivity index (χ4v) is 5.66. The van der Waals surface area contributed by atoms with E-state index < -0.39 is 34.2 Å². The first-order valence-electron chi connectivity index (χ1n) is 13.0. The van der Waals surface area contributed by atoms with Gasteiger partial charge in [-0.25, -0.2) is 22.2 Å². The third-order valence-electron chi connectivity index (χ3n) is 7.09. The summed E-state index contributed by atoms with van der Waals surface area (Å²) in [5.74, 6) is -2.72. The van der Waals surface area contributed by atoms with E-state index in [9.17, 15) is 22.0 Å². The minimum atomic E-state index is -3.74. The minimum Gasteiger partial charge on any atom is -0.395 e. The number of carbonyl (C=O) groups is 1. The molecule has 0 spiro atoms. The van der Waals surface area contributed by atoms with E-state index in [1.165, 1.54) is 17.2 Å². The van der Waals surface area contributed by atoms with E-state index in [1.807, 2.05) is 0 Å². The molecule has 39 heavy (non-hydrogen) atoms. The highest BCUT2D eigenvalue weighted by Gasteiger charge is 2.34. The van der Waals surface area contributed by atoms with Crippen LogP contribution >= 0.6 is 0 Å². The predicted molar refractivity (Wildman–Crippen MR) is 149 cm³/mol. The number of alkyl halides is 2. The quantitative estimate of drug-likeness (QED) is 0.412. The number of rotatable bonds is 8. The maximum absolute atomic E-state index is 13.6. The highest BCUT2D eigenvalue weighted by Crippen LogP contribution is 2.32. The summed E-state index contributed by atoms with van der Waals surface area (Å²) >= 11 is 0. The van der Waals surface area contributed by atoms with Crippen LogP contribution in [0.1, 0.15) is 49.9 Å². The van der Waals surface area contributed by atoms with Crippen LogP contribution in [0.4, 0.5) is 31.8 Å². The molecule has 0 atom stereocenters. The number of hydrogen-bond donors (Lipinski definition) is 3. The van der Waals surface area contributed by atoms with Crippen molar-refractivity contribution in [2.24, 2.45) is 0 Å². The second kappa shape index (κ2) is 11.9. The lowest BCUT2D eigenvalue weighted by Crippen LogP contribution is -2.39. The van der Waals surface area contributed by atoms with Crippen LogP contribution in [0.15, 0.2) is 47.5 Å². The van der Waals surface area contributed by atoms with Gasteiger partial charge in [-0.05, 0) is 57.0 Å². The maximum Gasteiger partial charge on any atom is 0.258 e. The number of piperidine rings is 2. The Balaban J connectivity index is 1.57. The summed E-state index contributed by atoms with van der Waals surface area (Å²) in [5, 5.41) is 11.9. The molecule has 0 bridgehead atoms. The van der Waals surface area contributed by atoms with Gasteiger partial charge in [-0.3, -0.25) is 9.52 Å². The van der Waals surface area contributed by atoms with Crippen molar-refractivity contribution in [3.63, 3.8) is 0 Å². The van der Waals surface area contributed by atoms with Gasteiger partial charge < -0.3 is 20.2 Å². The van der Waals surface area contributed by atoms with E-state index in [1.54, 1.807) is 35.2 Å². The zero-order valence-corrected chi connectivity index (χ0v) is 23.0. The Morgan fingerprint density at radius 2 is 1.74 bits per heavy atom. The summed E-state index contributed by atoms with van der Waals surface area (Å²) in [6.07, 6.45) is 1.19. The fourth-order valence-electron chi connectivity index (χ4n) is 4.83. The average Bonchev–Trinajstić information content (AvgIpc) is 2.88. The number of carbonyl (C=O) groups excluding carboxylic acids is 1. The first-order valence-corrected chi connectivity index (χ1v) is 14.7. The number of amides is 1. The van der Waals surface area contributed by atoms with Crippen LogP contribution in [-0.2, 0) is 10.0 Å². The van der Waals surface area contributed by atoms with E-state index >= 15 is 0 Å². The number of sulfonamides is 1. The van der Waals surface area contributed by atoms with Gasteiger partial charge in [0.15, 0.2) is 0 Å². The van der Waals surface area contributed by atoms with Crippen LogP contribution in [-0.4, -0.2) is 68.9 Å². The molecule has 212 valence electrons. The topological polar surface area (TPSA) is 115 Å². The summed E-state index contributed by atoms with van der Waals surface area (Å²) < 4.78 is 54.1. The van der Waals surface area contributed by atoms with E-state index in [2.05, 4.69) is 33.8 Å². The highest BCUT2D eigenvalue weighted by molar-refractivity contribution is 7.92. The van der Waals surface area contributed by atoms with Crippen molar-refractivity contribution in [1.82, 2.24) is 4.98 Å². The summed E-state index contributed by atoms with van der Waals surface area (Å²) in [6, 6.07) is 9.79. The summed E-state index contributed by atoms with van der Waals surface area (Å²) in [5.41, 5.74) is 3.88. The first kappa shape index (κ1) is 28.8. The van der Waals surface area contributed by atoms with Crippen molar-refractivity contribution in [3.8, 4) is 0 Å². The van der Waals surface area contributed by atoms with Crippen LogP contribution in [0.3, 0.4) is 0 Å². The van der Waals surface area contributed by atoms with E-state index in [-0.39, 0.29) is 25.9 Å². The Morgan fingerprint density at radius 3 is 2.38 bits per heavy atom. The summed E-state index contributed by atoms with van der Waals surface area (Å²) in [4.78, 5) is 21.8. The third-order valence-corrected chi connectivity index (χ3v) is 8.35. The molecule has 9 nitrogen and oxygen atoms in total. The Morgan fingerprint density at radius 1 is 1.05 bits per heavy atom. The van der Waals surface area contributed by atoms with Gasteiger partial charge in [0.05, 0.1) is 29.3 Å². The number of hydrogen-bond acceptors (Lipinski definition) is 7. The number of aliphatic hydroxyl groups excluding tert-OH is 1. The number of nitrogens with zero attached hydrogens (tertiary/aromatic N) is 3. The van der Waals surface area contributed by atoms with E-state index in [0.717, 1.165) is 12.8 Å². The van der Waals surface area contributed by atoms with Crippen LogP contribution in [0.2, 0.25) is 0 Å². The molecule has 2 fully saturated rings. The zero-order chi connectivity index (χ0) is 28.2. The molecule has 2 aliphatic heterocycles. The van der Waals surface area contributed by atoms with Crippen molar-refractivity contribution in [1.29, 1.82) is 0 Å². The number of allylic oxidation sites excluding steroid dienone is 1. The van der Waals surface area contributed by atoms with Gasteiger partial charge in [-0.2, -0.15) is 0 Å². The molecule has 4 rings (SSSR count). The number of aliphatic hydroxyl groups is 1. The smallest absolute Gasteiger partial charge is 0.258 e. The fraction of sp³-hybridized carbons (Fsp3) is 0.481. The number of pyridine rings is 1. The third kappa shape index (κ3) is 7.45. The highest BCUT2D eigenvalue weighted by atomic mass is 32.2. The van der Waals surface area contributed by atoms with E-state index in [4.69, 9.17) is 5.11 Å². The Bertz CT molecular complexity index is 1330. The molecule has 2 aliphatic rings. The molecule has 3 N–H and O–H groups in total. The van der Waals surface area contributed by atoms with Crippen LogP contribution in [0, 0.1) is 0 Å². The van der Waals surface area contributed by atoms with Crippen molar-refractivity contribution in [2.45, 2.75) is 45.5 Å². The molecule has 1 aromatic carbocycles. The standard InChI is InChI=1S/C27H35F2N5O4S/c1-19(2)20-8-12-33(13-9-20)23-18-21(32-39(37,38)17-16-35)6-7-22(23)26(36)31-24-4-3-5-25(30-24)34-14-10-27(28,29)11-15-34/h3-7,18,32,35H,8-17H2,1-2H3,(H,30,31,36). The lowest BCUT2D eigenvalue weighted by Gasteiger charge is -2.33. The lowest BCUT2D eigenvalue weighted by molar-refractivity contribution is -0.0221. The summed E-state index contributed by atoms with van der Waals surface area (Å²) in [6.45, 7) is 5.34. The van der Waals surface area contributed by atoms with Crippen LogP contribution < -0.4 is 19.8 Å². The molecule has 1 amide bonds. The second-order valence-electron chi connectivity index (χ2n) is 10.1. The van der Waals surface area contributed by atoms with E-state index in [0.29, 0.717) is 41.7 Å². The predicted octanol–water partition coefficient (Wildman–Crippen LogP) is 4.24. The molecular weight excluding hydrogens is 528 g/mol. The second-order valence-corrected chi connectivity index (χ2v) is 12.0. The SMILES string of the molecule is CC(C)=C1CCN(c2cc(NS(=O)(=O)CCO)ccc2C(=O)Nc2cccc(N3CCC(F)(F)CC3)n2)CC1. The Hall–Kier alpha value is -3.25. The van der Waals surface area contributed by atoms with Crippen molar-refractivity contribution < 1.29 is 27.1 Å². The Labute approximate surface area is 228 Å².